The number of nitrogens with zero attached hydrogens (tertiary/aromatic N) is 2. The number of ether oxygens (including phenoxy) is 4. The predicted molar refractivity (Wildman–Crippen MR) is 174 cm³/mol. The Labute approximate surface area is 274 Å². The maximum Gasteiger partial charge on any atom is 0.251 e. The van der Waals surface area contributed by atoms with Gasteiger partial charge in [-0.15, -0.1) is 0 Å². The second-order valence-corrected chi connectivity index (χ2v) is 12.1. The van der Waals surface area contributed by atoms with Crippen molar-refractivity contribution in [2.24, 2.45) is 10.9 Å². The number of aliphatic imine (C=N–C) groups is 1. The Balaban J connectivity index is 1.26. The lowest BCUT2D eigenvalue weighted by molar-refractivity contribution is -0.133. The summed E-state index contributed by atoms with van der Waals surface area (Å²) < 4.78 is 24.3. The molecule has 3 aromatic rings. The van der Waals surface area contributed by atoms with Gasteiger partial charge in [0.1, 0.15) is 35.6 Å². The zero-order valence-corrected chi connectivity index (χ0v) is 26.8. The third-order valence-electron chi connectivity index (χ3n) is 8.86. The average molecular weight is 644 g/mol. The molecule has 2 fully saturated rings. The summed E-state index contributed by atoms with van der Waals surface area (Å²) in [5.41, 5.74) is 1.53. The molecule has 0 spiro atoms. The van der Waals surface area contributed by atoms with E-state index >= 15 is 0 Å². The summed E-state index contributed by atoms with van der Waals surface area (Å²) in [5.74, 6) is 0.655. The summed E-state index contributed by atoms with van der Waals surface area (Å²) in [6, 6.07) is 24.6. The third-order valence-corrected chi connectivity index (χ3v) is 8.86. The first-order chi connectivity index (χ1) is 22.7. The van der Waals surface area contributed by atoms with Crippen LogP contribution in [0.5, 0.6) is 11.5 Å². The van der Waals surface area contributed by atoms with Gasteiger partial charge in [0.2, 0.25) is 5.91 Å². The van der Waals surface area contributed by atoms with Crippen LogP contribution in [-0.2, 0) is 24.7 Å². The van der Waals surface area contributed by atoms with Gasteiger partial charge >= 0.3 is 0 Å². The first-order valence-electron chi connectivity index (χ1n) is 15.7. The van der Waals surface area contributed by atoms with Crippen LogP contribution in [0.25, 0.3) is 0 Å². The van der Waals surface area contributed by atoms with Crippen LogP contribution in [0, 0.1) is 5.92 Å². The predicted octanol–water partition coefficient (Wildman–Crippen LogP) is 2.30. The number of rotatable bonds is 11. The molecule has 6 rings (SSSR count). The molecule has 2 amide bonds. The van der Waals surface area contributed by atoms with Crippen LogP contribution in [0.2, 0.25) is 0 Å². The third kappa shape index (κ3) is 6.41. The summed E-state index contributed by atoms with van der Waals surface area (Å²) in [4.78, 5) is 31.4. The molecule has 3 aromatic carbocycles. The maximum absolute atomic E-state index is 12.9. The number of nitrogens with one attached hydrogen (secondary N) is 3. The summed E-state index contributed by atoms with van der Waals surface area (Å²) in [5, 5.41) is 20.1. The first-order valence-corrected chi connectivity index (χ1v) is 15.7. The molecule has 0 bridgehead atoms. The lowest BCUT2D eigenvalue weighted by atomic mass is 9.80. The molecule has 4 N–H and O–H groups in total. The maximum atomic E-state index is 12.9. The van der Waals surface area contributed by atoms with E-state index in [1.807, 2.05) is 78.9 Å². The van der Waals surface area contributed by atoms with Crippen LogP contribution < -0.4 is 25.4 Å². The smallest absolute Gasteiger partial charge is 0.251 e. The Morgan fingerprint density at radius 1 is 1.00 bits per heavy atom. The van der Waals surface area contributed by atoms with Crippen molar-refractivity contribution in [3.8, 4) is 11.5 Å². The number of hydrogen-bond donors (Lipinski definition) is 4. The van der Waals surface area contributed by atoms with Gasteiger partial charge in [0.25, 0.3) is 5.91 Å². The number of fused-ring (bicyclic) bond motifs is 1. The van der Waals surface area contributed by atoms with Crippen molar-refractivity contribution >= 4 is 18.2 Å². The highest BCUT2D eigenvalue weighted by molar-refractivity contribution is 5.88. The van der Waals surface area contributed by atoms with E-state index in [2.05, 4.69) is 20.9 Å². The van der Waals surface area contributed by atoms with Gasteiger partial charge < -0.3 is 39.6 Å². The minimum absolute atomic E-state index is 0.0463. The lowest BCUT2D eigenvalue weighted by Gasteiger charge is -2.39. The van der Waals surface area contributed by atoms with Crippen molar-refractivity contribution in [1.29, 1.82) is 0 Å². The number of carbonyl (C=O) groups is 2. The Kier molecular flexibility index (Phi) is 9.46. The van der Waals surface area contributed by atoms with Gasteiger partial charge in [-0.05, 0) is 41.0 Å². The SMILES string of the molecule is COc1ccc(C(OCC2OC(N3C=NC4C(=O)NC(NC(=O)C(C)C)NC43)CC2O)(c2ccccc2)c2ccc(OC)cc2)cc1. The van der Waals surface area contributed by atoms with Gasteiger partial charge in [-0.1, -0.05) is 68.4 Å². The Morgan fingerprint density at radius 3 is 2.17 bits per heavy atom. The van der Waals surface area contributed by atoms with E-state index in [0.29, 0.717) is 11.5 Å². The van der Waals surface area contributed by atoms with Gasteiger partial charge in [0.15, 0.2) is 12.3 Å². The monoisotopic (exact) mass is 643 g/mol. The van der Waals surface area contributed by atoms with Crippen molar-refractivity contribution in [2.45, 2.75) is 62.8 Å². The Morgan fingerprint density at radius 2 is 1.60 bits per heavy atom. The number of hydrogen-bond acceptors (Lipinski definition) is 10. The van der Waals surface area contributed by atoms with Crippen molar-refractivity contribution < 1.29 is 33.6 Å². The van der Waals surface area contributed by atoms with Crippen molar-refractivity contribution in [3.05, 3.63) is 95.6 Å². The molecule has 6 unspecified atom stereocenters. The molecule has 0 aromatic heterocycles. The lowest BCUT2D eigenvalue weighted by Crippen LogP contribution is -2.71. The van der Waals surface area contributed by atoms with Gasteiger partial charge in [0, 0.05) is 12.3 Å². The number of amides is 2. The molecule has 0 radical (unpaired) electrons. The van der Waals surface area contributed by atoms with E-state index in [9.17, 15) is 14.7 Å². The van der Waals surface area contributed by atoms with E-state index in [4.69, 9.17) is 18.9 Å². The number of carbonyl (C=O) groups excluding carboxylic acids is 2. The van der Waals surface area contributed by atoms with Gasteiger partial charge in [-0.2, -0.15) is 0 Å². The minimum atomic E-state index is -1.08. The van der Waals surface area contributed by atoms with Crippen molar-refractivity contribution in [2.75, 3.05) is 20.8 Å². The van der Waals surface area contributed by atoms with Crippen LogP contribution in [-0.4, -0.2) is 85.9 Å². The second-order valence-electron chi connectivity index (χ2n) is 12.1. The summed E-state index contributed by atoms with van der Waals surface area (Å²) in [6.07, 6.45) is -1.65. The average Bonchev–Trinajstić information content (AvgIpc) is 3.69. The quantitative estimate of drug-likeness (QED) is 0.232. The van der Waals surface area contributed by atoms with Crippen LogP contribution >= 0.6 is 0 Å². The second kappa shape index (κ2) is 13.7. The topological polar surface area (TPSA) is 143 Å². The molecule has 12 heteroatoms. The van der Waals surface area contributed by atoms with Gasteiger partial charge in [-0.3, -0.25) is 19.9 Å². The largest absolute Gasteiger partial charge is 0.497 e. The van der Waals surface area contributed by atoms with Gasteiger partial charge in [-0.25, -0.2) is 0 Å². The van der Waals surface area contributed by atoms with Crippen molar-refractivity contribution in [1.82, 2.24) is 20.9 Å². The molecule has 2 saturated heterocycles. The van der Waals surface area contributed by atoms with E-state index in [1.54, 1.807) is 39.3 Å². The zero-order chi connectivity index (χ0) is 33.1. The molecule has 12 nitrogen and oxygen atoms in total. The van der Waals surface area contributed by atoms with E-state index in [0.717, 1.165) is 16.7 Å². The fraction of sp³-hybridized carbons (Fsp3) is 0.400. The van der Waals surface area contributed by atoms with Crippen LogP contribution in [0.3, 0.4) is 0 Å². The molecule has 47 heavy (non-hydrogen) atoms. The van der Waals surface area contributed by atoms with E-state index in [-0.39, 0.29) is 30.8 Å². The molecule has 3 aliphatic heterocycles. The molecular formula is C35H41N5O7. The highest BCUT2D eigenvalue weighted by Gasteiger charge is 2.49. The van der Waals surface area contributed by atoms with E-state index in [1.165, 1.54) is 0 Å². The molecule has 3 aliphatic rings. The summed E-state index contributed by atoms with van der Waals surface area (Å²) in [6.45, 7) is 3.60. The van der Waals surface area contributed by atoms with Gasteiger partial charge in [0.05, 0.1) is 33.3 Å². The molecule has 0 saturated carbocycles. The molecule has 248 valence electrons. The number of methoxy groups -OCH3 is 2. The normalized spacial score (nSPS) is 25.4. The fourth-order valence-corrected chi connectivity index (χ4v) is 6.26. The van der Waals surface area contributed by atoms with Crippen LogP contribution in [0.15, 0.2) is 83.9 Å². The number of aliphatic hydroxyl groups is 1. The minimum Gasteiger partial charge on any atom is -0.497 e. The Bertz CT molecular complexity index is 1520. The van der Waals surface area contributed by atoms with E-state index < -0.39 is 42.5 Å². The number of aliphatic hydroxyl groups excluding tert-OH is 1. The molecule has 6 atom stereocenters. The standard InChI is InChI=1S/C35H41N5O7/c1-21(2)32(42)38-34-37-31-30(33(43)39-34)36-20-40(31)29-18-27(41)28(47-29)19-46-35(22-8-6-5-7-9-22,23-10-14-25(44-3)15-11-23)24-12-16-26(45-4)17-13-24/h5-17,20-21,27-31,34,37,41H,18-19H2,1-4H3,(H,38,42)(H,39,43). The highest BCUT2D eigenvalue weighted by atomic mass is 16.6. The van der Waals surface area contributed by atoms with Crippen LogP contribution in [0.4, 0.5) is 0 Å². The molecular weight excluding hydrogens is 602 g/mol. The van der Waals surface area contributed by atoms with Crippen molar-refractivity contribution in [3.63, 3.8) is 0 Å². The summed E-state index contributed by atoms with van der Waals surface area (Å²) in [7, 11) is 3.25. The Hall–Kier alpha value is -4.49. The first kappa shape index (κ1) is 32.5. The number of benzene rings is 3. The summed E-state index contributed by atoms with van der Waals surface area (Å²) >= 11 is 0. The highest BCUT2D eigenvalue weighted by Crippen LogP contribution is 2.42. The zero-order valence-electron chi connectivity index (χ0n) is 26.8. The fourth-order valence-electron chi connectivity index (χ4n) is 6.26. The molecule has 3 heterocycles. The van der Waals surface area contributed by atoms with Crippen LogP contribution in [0.1, 0.15) is 37.0 Å². The molecule has 0 aliphatic carbocycles.